The Bertz CT molecular complexity index is 1010. The van der Waals surface area contributed by atoms with E-state index in [9.17, 15) is 4.79 Å². The number of hydrogen-bond acceptors (Lipinski definition) is 5. The van der Waals surface area contributed by atoms with Crippen molar-refractivity contribution in [2.45, 2.75) is 27.2 Å². The summed E-state index contributed by atoms with van der Waals surface area (Å²) in [5.41, 5.74) is 4.04. The minimum Gasteiger partial charge on any atom is -0.486 e. The molecule has 2 aliphatic rings. The Labute approximate surface area is 175 Å². The minimum absolute atomic E-state index is 0.0477. The number of anilines is 1. The molecule has 0 unspecified atom stereocenters. The van der Waals surface area contributed by atoms with Gasteiger partial charge in [-0.3, -0.25) is 14.7 Å². The van der Waals surface area contributed by atoms with Gasteiger partial charge in [-0.15, -0.1) is 0 Å². The molecular weight excluding hydrogens is 384 g/mol. The van der Waals surface area contributed by atoms with E-state index in [1.54, 1.807) is 4.90 Å². The molecule has 0 aliphatic carbocycles. The molecule has 0 radical (unpaired) electrons. The van der Waals surface area contributed by atoms with E-state index in [-0.39, 0.29) is 5.91 Å². The number of benzene rings is 2. The smallest absolute Gasteiger partial charge is 0.271 e. The van der Waals surface area contributed by atoms with Crippen LogP contribution < -0.4 is 14.4 Å². The number of thioether (sulfide) groups is 1. The zero-order valence-corrected chi connectivity index (χ0v) is 17.7. The van der Waals surface area contributed by atoms with Crippen LogP contribution in [-0.4, -0.2) is 30.8 Å². The van der Waals surface area contributed by atoms with Crippen LogP contribution in [0.5, 0.6) is 11.5 Å². The van der Waals surface area contributed by atoms with Crippen LogP contribution in [0.15, 0.2) is 46.3 Å². The molecule has 2 heterocycles. The second-order valence-corrected chi connectivity index (χ2v) is 8.05. The molecule has 2 aliphatic heterocycles. The lowest BCUT2D eigenvalue weighted by molar-refractivity contribution is -0.113. The summed E-state index contributed by atoms with van der Waals surface area (Å²) < 4.78 is 11.3. The second-order valence-electron chi connectivity index (χ2n) is 7.04. The van der Waals surface area contributed by atoms with Gasteiger partial charge >= 0.3 is 0 Å². The summed E-state index contributed by atoms with van der Waals surface area (Å²) in [5.74, 6) is 1.41. The Morgan fingerprint density at radius 1 is 1.14 bits per heavy atom. The SMILES string of the molecule is CCC/N=C1\S/C(=C\c2ccc3c(c2)OCCO3)C(=O)N1c1cccc(C)c1C. The fourth-order valence-corrected chi connectivity index (χ4v) is 4.28. The first kappa shape index (κ1) is 19.6. The lowest BCUT2D eigenvalue weighted by Crippen LogP contribution is -2.29. The number of nitrogens with zero attached hydrogens (tertiary/aromatic N) is 2. The van der Waals surface area contributed by atoms with Gasteiger partial charge < -0.3 is 9.47 Å². The van der Waals surface area contributed by atoms with Crippen molar-refractivity contribution < 1.29 is 14.3 Å². The molecule has 2 aromatic carbocycles. The molecule has 0 bridgehead atoms. The fourth-order valence-electron chi connectivity index (χ4n) is 3.28. The number of amidine groups is 1. The van der Waals surface area contributed by atoms with E-state index in [0.717, 1.165) is 39.7 Å². The summed E-state index contributed by atoms with van der Waals surface area (Å²) in [6, 6.07) is 11.8. The molecule has 0 atom stereocenters. The Balaban J connectivity index is 1.71. The predicted molar refractivity (Wildman–Crippen MR) is 119 cm³/mol. The van der Waals surface area contributed by atoms with Crippen molar-refractivity contribution in [2.75, 3.05) is 24.7 Å². The van der Waals surface area contributed by atoms with Crippen LogP contribution in [-0.2, 0) is 4.79 Å². The van der Waals surface area contributed by atoms with E-state index in [4.69, 9.17) is 9.47 Å². The minimum atomic E-state index is -0.0477. The van der Waals surface area contributed by atoms with Crippen molar-refractivity contribution in [1.29, 1.82) is 0 Å². The number of ether oxygens (including phenoxy) is 2. The van der Waals surface area contributed by atoms with E-state index < -0.39 is 0 Å². The molecule has 150 valence electrons. The molecule has 1 fully saturated rings. The average Bonchev–Trinajstić information content (AvgIpc) is 3.03. The maximum Gasteiger partial charge on any atom is 0.271 e. The van der Waals surface area contributed by atoms with Gasteiger partial charge in [-0.2, -0.15) is 0 Å². The quantitative estimate of drug-likeness (QED) is 0.671. The molecule has 0 N–H and O–H groups in total. The summed E-state index contributed by atoms with van der Waals surface area (Å²) in [6.07, 6.45) is 2.83. The monoisotopic (exact) mass is 408 g/mol. The highest BCUT2D eigenvalue weighted by atomic mass is 32.2. The number of carbonyl (C=O) groups is 1. The Morgan fingerprint density at radius 3 is 2.72 bits per heavy atom. The number of aryl methyl sites for hydroxylation is 1. The van der Waals surface area contributed by atoms with E-state index >= 15 is 0 Å². The number of rotatable bonds is 4. The molecule has 6 heteroatoms. The molecule has 0 spiro atoms. The Morgan fingerprint density at radius 2 is 1.93 bits per heavy atom. The molecule has 2 aromatic rings. The Kier molecular flexibility index (Phi) is 5.62. The molecule has 1 saturated heterocycles. The van der Waals surface area contributed by atoms with E-state index in [0.29, 0.717) is 30.4 Å². The first-order chi connectivity index (χ1) is 14.1. The number of carbonyl (C=O) groups excluding carboxylic acids is 1. The summed E-state index contributed by atoms with van der Waals surface area (Å²) in [4.78, 5) is 20.4. The van der Waals surface area contributed by atoms with Crippen LogP contribution in [0.3, 0.4) is 0 Å². The third-order valence-electron chi connectivity index (χ3n) is 4.96. The van der Waals surface area contributed by atoms with Crippen LogP contribution in [0.1, 0.15) is 30.0 Å². The summed E-state index contributed by atoms with van der Waals surface area (Å²) in [7, 11) is 0. The van der Waals surface area contributed by atoms with Gasteiger partial charge in [0.1, 0.15) is 13.2 Å². The van der Waals surface area contributed by atoms with Gasteiger partial charge in [0, 0.05) is 6.54 Å². The third-order valence-corrected chi connectivity index (χ3v) is 5.96. The molecule has 0 aromatic heterocycles. The highest BCUT2D eigenvalue weighted by Gasteiger charge is 2.35. The maximum absolute atomic E-state index is 13.3. The predicted octanol–water partition coefficient (Wildman–Crippen LogP) is 4.96. The normalized spacial score (nSPS) is 18.7. The van der Waals surface area contributed by atoms with Gasteiger partial charge in [0.2, 0.25) is 0 Å². The van der Waals surface area contributed by atoms with Gasteiger partial charge in [0.05, 0.1) is 10.6 Å². The number of aliphatic imine (C=N–C) groups is 1. The van der Waals surface area contributed by atoms with Crippen LogP contribution >= 0.6 is 11.8 Å². The van der Waals surface area contributed by atoms with E-state index in [1.807, 2.05) is 43.3 Å². The molecule has 0 saturated carbocycles. The fraction of sp³-hybridized carbons (Fsp3) is 0.304. The lowest BCUT2D eigenvalue weighted by Gasteiger charge is -2.19. The topological polar surface area (TPSA) is 51.1 Å². The Hall–Kier alpha value is -2.73. The number of amides is 1. The number of fused-ring (bicyclic) bond motifs is 1. The summed E-state index contributed by atoms with van der Waals surface area (Å²) in [6.45, 7) is 7.97. The van der Waals surface area contributed by atoms with Gasteiger partial charge in [-0.05, 0) is 73.0 Å². The maximum atomic E-state index is 13.3. The zero-order valence-electron chi connectivity index (χ0n) is 16.9. The second kappa shape index (κ2) is 8.33. The van der Waals surface area contributed by atoms with Crippen LogP contribution in [0.2, 0.25) is 0 Å². The van der Waals surface area contributed by atoms with Gasteiger partial charge in [0.15, 0.2) is 16.7 Å². The van der Waals surface area contributed by atoms with Crippen molar-refractivity contribution >= 4 is 34.6 Å². The number of hydrogen-bond donors (Lipinski definition) is 0. The van der Waals surface area contributed by atoms with Crippen molar-refractivity contribution in [3.8, 4) is 11.5 Å². The molecular formula is C23H24N2O3S. The molecule has 5 nitrogen and oxygen atoms in total. The first-order valence-electron chi connectivity index (χ1n) is 9.83. The van der Waals surface area contributed by atoms with Crippen LogP contribution in [0.4, 0.5) is 5.69 Å². The van der Waals surface area contributed by atoms with Crippen LogP contribution in [0.25, 0.3) is 6.08 Å². The summed E-state index contributed by atoms with van der Waals surface area (Å²) >= 11 is 1.42. The largest absolute Gasteiger partial charge is 0.486 e. The molecule has 4 rings (SSSR count). The van der Waals surface area contributed by atoms with Crippen molar-refractivity contribution in [3.63, 3.8) is 0 Å². The van der Waals surface area contributed by atoms with Gasteiger partial charge in [0.25, 0.3) is 5.91 Å². The van der Waals surface area contributed by atoms with Crippen LogP contribution in [0, 0.1) is 13.8 Å². The van der Waals surface area contributed by atoms with Crippen molar-refractivity contribution in [3.05, 3.63) is 58.0 Å². The van der Waals surface area contributed by atoms with Crippen molar-refractivity contribution in [2.24, 2.45) is 4.99 Å². The highest BCUT2D eigenvalue weighted by Crippen LogP contribution is 2.39. The van der Waals surface area contributed by atoms with Crippen molar-refractivity contribution in [1.82, 2.24) is 0 Å². The molecule has 1 amide bonds. The third kappa shape index (κ3) is 3.90. The highest BCUT2D eigenvalue weighted by molar-refractivity contribution is 8.19. The molecule has 29 heavy (non-hydrogen) atoms. The standard InChI is InChI=1S/C23H24N2O3S/c1-4-10-24-23-25(18-7-5-6-15(2)16(18)3)22(26)21(29-23)14-17-8-9-19-20(13-17)28-12-11-27-19/h5-9,13-14H,4,10-12H2,1-3H3/b21-14-,24-23-. The lowest BCUT2D eigenvalue weighted by atomic mass is 10.1. The zero-order chi connectivity index (χ0) is 20.4. The van der Waals surface area contributed by atoms with Gasteiger partial charge in [-0.1, -0.05) is 25.1 Å². The van der Waals surface area contributed by atoms with E-state index in [2.05, 4.69) is 24.9 Å². The summed E-state index contributed by atoms with van der Waals surface area (Å²) in [5, 5.41) is 0.731. The average molecular weight is 409 g/mol. The van der Waals surface area contributed by atoms with E-state index in [1.165, 1.54) is 11.8 Å². The first-order valence-corrected chi connectivity index (χ1v) is 10.6. The van der Waals surface area contributed by atoms with Gasteiger partial charge in [-0.25, -0.2) is 0 Å².